The van der Waals surface area contributed by atoms with Crippen molar-refractivity contribution in [3.8, 4) is 11.5 Å². The Bertz CT molecular complexity index is 325. The summed E-state index contributed by atoms with van der Waals surface area (Å²) in [5.41, 5.74) is 7.04. The van der Waals surface area contributed by atoms with Gasteiger partial charge in [-0.15, -0.1) is 0 Å². The van der Waals surface area contributed by atoms with E-state index in [1.807, 2.05) is 18.2 Å². The van der Waals surface area contributed by atoms with Gasteiger partial charge in [0.25, 0.3) is 0 Å². The Morgan fingerprint density at radius 3 is 2.71 bits per heavy atom. The lowest BCUT2D eigenvalue weighted by Crippen LogP contribution is -2.16. The van der Waals surface area contributed by atoms with E-state index in [9.17, 15) is 0 Å². The second kappa shape index (κ2) is 3.88. The summed E-state index contributed by atoms with van der Waals surface area (Å²) in [6.45, 7) is 3.32. The Labute approximate surface area is 83.8 Å². The molecular formula is C11H15NO2. The first-order valence-corrected chi connectivity index (χ1v) is 4.96. The molecule has 2 N–H and O–H groups in total. The monoisotopic (exact) mass is 193 g/mol. The maximum absolute atomic E-state index is 5.93. The summed E-state index contributed by atoms with van der Waals surface area (Å²) in [5.74, 6) is 1.64. The molecule has 1 atom stereocenters. The third-order valence-corrected chi connectivity index (χ3v) is 2.43. The van der Waals surface area contributed by atoms with Crippen molar-refractivity contribution in [2.75, 3.05) is 13.2 Å². The maximum atomic E-state index is 5.93. The molecule has 3 heteroatoms. The Morgan fingerprint density at radius 1 is 1.29 bits per heavy atom. The number of rotatable bonds is 2. The van der Waals surface area contributed by atoms with E-state index in [0.717, 1.165) is 23.5 Å². The fraction of sp³-hybridized carbons (Fsp3) is 0.455. The van der Waals surface area contributed by atoms with Crippen molar-refractivity contribution in [3.05, 3.63) is 23.8 Å². The highest BCUT2D eigenvalue weighted by molar-refractivity contribution is 5.44. The summed E-state index contributed by atoms with van der Waals surface area (Å²) < 4.78 is 10.9. The molecule has 1 unspecified atom stereocenters. The zero-order valence-electron chi connectivity index (χ0n) is 8.32. The van der Waals surface area contributed by atoms with Crippen LogP contribution in [-0.4, -0.2) is 13.2 Å². The van der Waals surface area contributed by atoms with Crippen LogP contribution in [0.4, 0.5) is 0 Å². The van der Waals surface area contributed by atoms with Crippen molar-refractivity contribution in [3.63, 3.8) is 0 Å². The van der Waals surface area contributed by atoms with E-state index in [4.69, 9.17) is 15.2 Å². The Hall–Kier alpha value is -1.22. The minimum absolute atomic E-state index is 0.0887. The van der Waals surface area contributed by atoms with Crippen molar-refractivity contribution >= 4 is 0 Å². The van der Waals surface area contributed by atoms with E-state index in [1.54, 1.807) is 0 Å². The van der Waals surface area contributed by atoms with Crippen LogP contribution >= 0.6 is 0 Å². The Morgan fingerprint density at radius 2 is 2.00 bits per heavy atom. The molecule has 14 heavy (non-hydrogen) atoms. The molecule has 0 aromatic heterocycles. The summed E-state index contributed by atoms with van der Waals surface area (Å²) in [7, 11) is 0. The summed E-state index contributed by atoms with van der Waals surface area (Å²) >= 11 is 0. The van der Waals surface area contributed by atoms with E-state index in [1.165, 1.54) is 0 Å². The summed E-state index contributed by atoms with van der Waals surface area (Å²) in [6.07, 6.45) is 0.930. The highest BCUT2D eigenvalue weighted by Gasteiger charge is 2.13. The van der Waals surface area contributed by atoms with E-state index < -0.39 is 0 Å². The van der Waals surface area contributed by atoms with Gasteiger partial charge in [-0.05, 0) is 24.1 Å². The Kier molecular flexibility index (Phi) is 2.59. The molecule has 0 aliphatic carbocycles. The first-order chi connectivity index (χ1) is 6.81. The summed E-state index contributed by atoms with van der Waals surface area (Å²) in [4.78, 5) is 0. The van der Waals surface area contributed by atoms with E-state index in [2.05, 4.69) is 6.92 Å². The standard InChI is InChI=1S/C11H15NO2/c1-2-9(12)8-3-4-10-11(7-8)14-6-5-13-10/h3-4,7,9H,2,5-6,12H2,1H3. The largest absolute Gasteiger partial charge is 0.486 e. The van der Waals surface area contributed by atoms with E-state index in [-0.39, 0.29) is 6.04 Å². The van der Waals surface area contributed by atoms with Gasteiger partial charge in [0.15, 0.2) is 11.5 Å². The number of fused-ring (bicyclic) bond motifs is 1. The number of hydrogen-bond acceptors (Lipinski definition) is 3. The van der Waals surface area contributed by atoms with Gasteiger partial charge < -0.3 is 15.2 Å². The summed E-state index contributed by atoms with van der Waals surface area (Å²) in [5, 5.41) is 0. The van der Waals surface area contributed by atoms with Crippen molar-refractivity contribution < 1.29 is 9.47 Å². The second-order valence-electron chi connectivity index (χ2n) is 3.42. The average Bonchev–Trinajstić information content (AvgIpc) is 2.27. The molecule has 0 spiro atoms. The minimum Gasteiger partial charge on any atom is -0.486 e. The predicted octanol–water partition coefficient (Wildman–Crippen LogP) is 1.87. The van der Waals surface area contributed by atoms with Gasteiger partial charge in [-0.25, -0.2) is 0 Å². The summed E-state index contributed by atoms with van der Waals surface area (Å²) in [6, 6.07) is 6.00. The van der Waals surface area contributed by atoms with Gasteiger partial charge in [0.2, 0.25) is 0 Å². The van der Waals surface area contributed by atoms with Crippen LogP contribution in [0.25, 0.3) is 0 Å². The maximum Gasteiger partial charge on any atom is 0.161 e. The molecule has 1 aliphatic heterocycles. The molecule has 1 heterocycles. The molecule has 76 valence electrons. The van der Waals surface area contributed by atoms with Crippen LogP contribution in [0.1, 0.15) is 24.9 Å². The molecule has 3 nitrogen and oxygen atoms in total. The minimum atomic E-state index is 0.0887. The zero-order valence-corrected chi connectivity index (χ0v) is 8.32. The van der Waals surface area contributed by atoms with Crippen molar-refractivity contribution in [1.29, 1.82) is 0 Å². The van der Waals surface area contributed by atoms with Gasteiger partial charge in [-0.1, -0.05) is 13.0 Å². The highest BCUT2D eigenvalue weighted by Crippen LogP contribution is 2.32. The molecule has 0 saturated heterocycles. The van der Waals surface area contributed by atoms with E-state index in [0.29, 0.717) is 13.2 Å². The molecule has 0 saturated carbocycles. The fourth-order valence-electron chi connectivity index (χ4n) is 1.53. The molecule has 1 aliphatic rings. The number of benzene rings is 1. The molecule has 2 rings (SSSR count). The third kappa shape index (κ3) is 1.68. The number of nitrogens with two attached hydrogens (primary N) is 1. The topological polar surface area (TPSA) is 44.5 Å². The van der Waals surface area contributed by atoms with Crippen LogP contribution in [0.5, 0.6) is 11.5 Å². The van der Waals surface area contributed by atoms with Crippen molar-refractivity contribution in [2.45, 2.75) is 19.4 Å². The van der Waals surface area contributed by atoms with Gasteiger partial charge in [-0.2, -0.15) is 0 Å². The van der Waals surface area contributed by atoms with Crippen LogP contribution in [0.3, 0.4) is 0 Å². The quantitative estimate of drug-likeness (QED) is 0.779. The van der Waals surface area contributed by atoms with Gasteiger partial charge in [-0.3, -0.25) is 0 Å². The van der Waals surface area contributed by atoms with E-state index >= 15 is 0 Å². The first-order valence-electron chi connectivity index (χ1n) is 4.96. The second-order valence-corrected chi connectivity index (χ2v) is 3.42. The normalized spacial score (nSPS) is 16.4. The fourth-order valence-corrected chi connectivity index (χ4v) is 1.53. The highest BCUT2D eigenvalue weighted by atomic mass is 16.6. The lowest BCUT2D eigenvalue weighted by molar-refractivity contribution is 0.171. The SMILES string of the molecule is CCC(N)c1ccc2c(c1)OCCO2. The molecule has 1 aromatic rings. The molecule has 0 fully saturated rings. The predicted molar refractivity (Wildman–Crippen MR) is 54.7 cm³/mol. The van der Waals surface area contributed by atoms with Crippen LogP contribution in [0, 0.1) is 0 Å². The number of ether oxygens (including phenoxy) is 2. The molecule has 0 amide bonds. The molecule has 0 radical (unpaired) electrons. The van der Waals surface area contributed by atoms with Gasteiger partial charge in [0.05, 0.1) is 0 Å². The zero-order chi connectivity index (χ0) is 9.97. The van der Waals surface area contributed by atoms with Crippen molar-refractivity contribution in [1.82, 2.24) is 0 Å². The number of hydrogen-bond donors (Lipinski definition) is 1. The molecule has 0 bridgehead atoms. The third-order valence-electron chi connectivity index (χ3n) is 2.43. The van der Waals surface area contributed by atoms with Gasteiger partial charge in [0, 0.05) is 6.04 Å². The molecule has 1 aromatic carbocycles. The van der Waals surface area contributed by atoms with Crippen LogP contribution in [0.2, 0.25) is 0 Å². The van der Waals surface area contributed by atoms with Gasteiger partial charge >= 0.3 is 0 Å². The van der Waals surface area contributed by atoms with Crippen LogP contribution in [0.15, 0.2) is 18.2 Å². The molecular weight excluding hydrogens is 178 g/mol. The average molecular weight is 193 g/mol. The van der Waals surface area contributed by atoms with Gasteiger partial charge in [0.1, 0.15) is 13.2 Å². The smallest absolute Gasteiger partial charge is 0.161 e. The van der Waals surface area contributed by atoms with Crippen LogP contribution < -0.4 is 15.2 Å². The van der Waals surface area contributed by atoms with Crippen LogP contribution in [-0.2, 0) is 0 Å². The van der Waals surface area contributed by atoms with Crippen molar-refractivity contribution in [2.24, 2.45) is 5.73 Å². The Balaban J connectivity index is 2.29. The lowest BCUT2D eigenvalue weighted by atomic mass is 10.0. The first kappa shape index (κ1) is 9.34. The lowest BCUT2D eigenvalue weighted by Gasteiger charge is -2.20.